The van der Waals surface area contributed by atoms with Gasteiger partial charge in [-0.05, 0) is 130 Å². The Balaban J connectivity index is 0.000000175. The molecule has 11 aromatic rings. The van der Waals surface area contributed by atoms with Gasteiger partial charge in [0.05, 0.1) is 92.4 Å². The predicted octanol–water partition coefficient (Wildman–Crippen LogP) is 17.0. The summed E-state index contributed by atoms with van der Waals surface area (Å²) in [6.45, 7) is 11.8. The molecule has 0 saturated carbocycles. The second kappa shape index (κ2) is 43.8. The van der Waals surface area contributed by atoms with E-state index in [0.29, 0.717) is 97.6 Å². The number of anilines is 17. The molecule has 0 radical (unpaired) electrons. The SMILES string of the molecule is C#Cc1ccc(NC(=O)N(c2cc(Nc3ccc(N4CCN(C)CC4)cc3)ncn2)c2ccc(OC)cc2OC)cc1.COc1cc(OC)c(Cl)c(NC(=O)N(C)c2cc(Nc3ccc(N4CCN(C)CC4)cc3)ncn2)c1Cl.COc1ccc(Nc2cc(N(C(=O)Nc3c(Cl)c(OC)cc(OC)c3Cl)c3ccc(N4CCN(C)CC4)cc3OC)ncn2)c(OC)c1. The van der Waals surface area contributed by atoms with Crippen LogP contribution in [0.4, 0.5) is 112 Å². The van der Waals surface area contributed by atoms with Gasteiger partial charge in [-0.15, -0.1) is 6.42 Å². The molecule has 3 aliphatic rings. The first-order chi connectivity index (χ1) is 61.5. The van der Waals surface area contributed by atoms with Gasteiger partial charge in [-0.1, -0.05) is 52.3 Å². The van der Waals surface area contributed by atoms with Crippen molar-refractivity contribution in [3.05, 3.63) is 202 Å². The Morgan fingerprint density at radius 3 is 1.12 bits per heavy atom. The van der Waals surface area contributed by atoms with Crippen molar-refractivity contribution in [1.82, 2.24) is 44.6 Å². The molecule has 8 aromatic carbocycles. The van der Waals surface area contributed by atoms with Crippen molar-refractivity contribution >= 4 is 162 Å². The Labute approximate surface area is 757 Å². The van der Waals surface area contributed by atoms with Crippen LogP contribution in [0, 0.1) is 12.3 Å². The number of halogens is 4. The molecule has 3 saturated heterocycles. The van der Waals surface area contributed by atoms with Crippen molar-refractivity contribution in [3.8, 4) is 64.1 Å². The van der Waals surface area contributed by atoms with Crippen molar-refractivity contribution in [2.24, 2.45) is 0 Å². The van der Waals surface area contributed by atoms with Crippen LogP contribution in [0.1, 0.15) is 5.56 Å². The lowest BCUT2D eigenvalue weighted by Gasteiger charge is -2.34. The summed E-state index contributed by atoms with van der Waals surface area (Å²) >= 11 is 26.0. The quantitative estimate of drug-likeness (QED) is 0.0274. The monoisotopic (exact) mass is 1810 g/mol. The lowest BCUT2D eigenvalue weighted by molar-refractivity contribution is 0.257. The third-order valence-corrected chi connectivity index (χ3v) is 22.5. The normalized spacial score (nSPS) is 13.3. The maximum Gasteiger partial charge on any atom is 0.332 e. The van der Waals surface area contributed by atoms with Crippen LogP contribution in [0.15, 0.2) is 177 Å². The minimum absolute atomic E-state index is 0.0885. The van der Waals surface area contributed by atoms with Gasteiger partial charge >= 0.3 is 18.1 Å². The zero-order valence-electron chi connectivity index (χ0n) is 72.4. The fourth-order valence-electron chi connectivity index (χ4n) is 13.7. The topological polar surface area (TPSA) is 313 Å². The van der Waals surface area contributed by atoms with E-state index in [1.807, 2.05) is 42.5 Å². The number of nitrogens with zero attached hydrogens (tertiary/aromatic N) is 15. The minimum atomic E-state index is -0.647. The molecular weight excluding hydrogens is 1710 g/mol. The molecule has 3 aromatic heterocycles. The number of terminal acetylenes is 1. The van der Waals surface area contributed by atoms with Crippen molar-refractivity contribution in [2.75, 3.05) is 232 Å². The van der Waals surface area contributed by atoms with E-state index in [1.54, 1.807) is 120 Å². The Bertz CT molecular complexity index is 5620. The molecule has 0 unspecified atom stereocenters. The summed E-state index contributed by atoms with van der Waals surface area (Å²) in [4.78, 5) is 85.4. The summed E-state index contributed by atoms with van der Waals surface area (Å²) in [6.07, 6.45) is 9.61. The molecule has 3 aliphatic heterocycles. The average Bonchev–Trinajstić information content (AvgIpc) is 0.767. The largest absolute Gasteiger partial charge is 0.497 e. The van der Waals surface area contributed by atoms with Gasteiger partial charge in [-0.25, -0.2) is 54.1 Å². The number of carbonyl (C=O) groups excluding carboxylic acids is 3. The van der Waals surface area contributed by atoms with Gasteiger partial charge in [0.1, 0.15) is 126 Å². The van der Waals surface area contributed by atoms with Crippen molar-refractivity contribution in [3.63, 3.8) is 0 Å². The summed E-state index contributed by atoms with van der Waals surface area (Å²) < 4.78 is 49.0. The van der Waals surface area contributed by atoms with Crippen molar-refractivity contribution < 1.29 is 57.0 Å². The molecule has 3 fully saturated rings. The first kappa shape index (κ1) is 92.6. The Morgan fingerprint density at radius 1 is 0.354 bits per heavy atom. The first-order valence-corrected chi connectivity index (χ1v) is 41.4. The fourth-order valence-corrected chi connectivity index (χ4v) is 14.9. The molecule has 0 aliphatic carbocycles. The lowest BCUT2D eigenvalue weighted by atomic mass is 10.2. The number of hydrogen-bond acceptors (Lipinski definition) is 27. The van der Waals surface area contributed by atoms with Crippen LogP contribution in [0.3, 0.4) is 0 Å². The molecule has 0 spiro atoms. The second-order valence-corrected chi connectivity index (χ2v) is 30.4. The zero-order valence-corrected chi connectivity index (χ0v) is 75.4. The van der Waals surface area contributed by atoms with Crippen molar-refractivity contribution in [2.45, 2.75) is 0 Å². The second-order valence-electron chi connectivity index (χ2n) is 28.9. The molecule has 6 amide bonds. The van der Waals surface area contributed by atoms with Crippen LogP contribution in [-0.2, 0) is 0 Å². The summed E-state index contributed by atoms with van der Waals surface area (Å²) in [5.74, 6) is 8.69. The van der Waals surface area contributed by atoms with Crippen molar-refractivity contribution in [1.29, 1.82) is 0 Å². The highest BCUT2D eigenvalue weighted by atomic mass is 35.5. The molecule has 664 valence electrons. The Morgan fingerprint density at radius 2 is 0.701 bits per heavy atom. The van der Waals surface area contributed by atoms with E-state index in [2.05, 4.69) is 143 Å². The first-order valence-electron chi connectivity index (χ1n) is 39.9. The van der Waals surface area contributed by atoms with E-state index in [0.717, 1.165) is 95.6 Å². The number of methoxy groups -OCH3 is 9. The molecule has 6 N–H and O–H groups in total. The van der Waals surface area contributed by atoms with E-state index in [4.69, 9.17) is 95.5 Å². The van der Waals surface area contributed by atoms with E-state index in [-0.39, 0.29) is 48.8 Å². The van der Waals surface area contributed by atoms with E-state index >= 15 is 0 Å². The number of likely N-dealkylation sites (N-methyl/N-ethyl adjacent to an activating group) is 3. The number of amides is 6. The molecule has 14 rings (SSSR count). The summed E-state index contributed by atoms with van der Waals surface area (Å²) in [7, 11) is 21.6. The Hall–Kier alpha value is -13.6. The van der Waals surface area contributed by atoms with Crippen LogP contribution in [0.5, 0.6) is 51.7 Å². The fraction of sp³-hybridized carbons (Fsp3) is 0.278. The lowest BCUT2D eigenvalue weighted by Crippen LogP contribution is -2.44. The molecule has 37 heteroatoms. The number of urea groups is 3. The average molecular weight is 1810 g/mol. The number of ether oxygens (including phenoxy) is 9. The number of nitrogens with one attached hydrogen (secondary N) is 6. The van der Waals surface area contributed by atoms with Gasteiger partial charge in [0.25, 0.3) is 0 Å². The van der Waals surface area contributed by atoms with Gasteiger partial charge in [0, 0.05) is 174 Å². The number of aromatic nitrogens is 6. The summed E-state index contributed by atoms with van der Waals surface area (Å²) in [6, 6.07) is 46.1. The highest BCUT2D eigenvalue weighted by Gasteiger charge is 2.31. The molecule has 127 heavy (non-hydrogen) atoms. The number of carbonyl (C=O) groups is 3. The molecule has 33 nitrogen and oxygen atoms in total. The predicted molar refractivity (Wildman–Crippen MR) is 503 cm³/mol. The van der Waals surface area contributed by atoms with Gasteiger partial charge in [-0.3, -0.25) is 4.90 Å². The van der Waals surface area contributed by atoms with E-state index in [1.165, 1.54) is 86.7 Å². The standard InChI is InChI=1S/C33H37Cl2N7O6.C32H33N7O3.C25H29Cl2N7O3/c1-40-11-13-41(14-12-40)20-7-10-23(25(15-20)46-4)42(33(43)39-32-30(34)26(47-5)17-27(48-6)31(32)35)29-18-28(36-19-37-29)38-22-9-8-21(44-2)16-24(22)45-3;1-5-23-6-8-25(9-7-23)36-32(40)39(28-15-14-27(41-3)20-29(28)42-4)31-21-30(33-22-34-31)35-24-10-12-26(13-11-24)38-18-16-37(2)17-19-38;1-32-9-11-34(12-10-32)17-7-5-16(6-8-17)30-20-14-21(29-15-28-20)33(2)25(35)31-24-22(26)18(36-3)13-19(37-4)23(24)27/h7-10,15-19H,11-14H2,1-6H3,(H,39,43)(H,36,37,38);1,6-15,20-22H,16-19H2,2-4H3,(H,36,40)(H,33,34,35);5-8,13-15H,9-12H2,1-4H3,(H,31,35)(H,28,29,30). The number of hydrogen-bond donors (Lipinski definition) is 6. The smallest absolute Gasteiger partial charge is 0.332 e. The summed E-state index contributed by atoms with van der Waals surface area (Å²) in [5, 5.41) is 18.8. The minimum Gasteiger partial charge on any atom is -0.497 e. The van der Waals surface area contributed by atoms with Crippen LogP contribution in [0.25, 0.3) is 0 Å². The molecular formula is C90H99Cl4N21O12. The van der Waals surface area contributed by atoms with Crippen LogP contribution < -0.4 is 104 Å². The van der Waals surface area contributed by atoms with Gasteiger partial charge in [-0.2, -0.15) is 0 Å². The third kappa shape index (κ3) is 23.1. The van der Waals surface area contributed by atoms with Crippen LogP contribution >= 0.6 is 46.4 Å². The summed E-state index contributed by atoms with van der Waals surface area (Å²) in [5.41, 5.74) is 8.11. The number of piperazine rings is 3. The van der Waals surface area contributed by atoms with Crippen LogP contribution in [-0.4, -0.2) is 233 Å². The number of rotatable bonds is 26. The van der Waals surface area contributed by atoms with Gasteiger partial charge < -0.3 is 104 Å². The maximum absolute atomic E-state index is 14.4. The van der Waals surface area contributed by atoms with E-state index < -0.39 is 18.1 Å². The molecule has 0 bridgehead atoms. The molecule has 0 atom stereocenters. The van der Waals surface area contributed by atoms with Gasteiger partial charge in [0.2, 0.25) is 0 Å². The van der Waals surface area contributed by atoms with Crippen LogP contribution in [0.2, 0.25) is 20.1 Å². The van der Waals surface area contributed by atoms with E-state index in [9.17, 15) is 14.4 Å². The zero-order chi connectivity index (χ0) is 90.4. The number of benzene rings is 8. The van der Waals surface area contributed by atoms with Gasteiger partial charge in [0.15, 0.2) is 0 Å². The highest BCUT2D eigenvalue weighted by molar-refractivity contribution is 6.42. The highest BCUT2D eigenvalue weighted by Crippen LogP contribution is 2.48. The maximum atomic E-state index is 14.4. The third-order valence-electron chi connectivity index (χ3n) is 21.0. The molecule has 6 heterocycles. The Kier molecular flexibility index (Phi) is 32.0.